The van der Waals surface area contributed by atoms with Gasteiger partial charge >= 0.3 is 0 Å². The second-order valence-corrected chi connectivity index (χ2v) is 4.38. The van der Waals surface area contributed by atoms with Crippen LogP contribution < -0.4 is 17.2 Å². The van der Waals surface area contributed by atoms with Gasteiger partial charge in [0.1, 0.15) is 18.4 Å². The van der Waals surface area contributed by atoms with Gasteiger partial charge in [0, 0.05) is 12.4 Å². The number of carbonyl (C=O) groups is 2. The molecule has 3 aromatic rings. The Hall–Kier alpha value is -3.56. The summed E-state index contributed by atoms with van der Waals surface area (Å²) in [4.78, 5) is 36.5. The second-order valence-electron chi connectivity index (χ2n) is 4.38. The molecular weight excluding hydrogens is 300 g/mol. The van der Waals surface area contributed by atoms with Crippen molar-refractivity contribution in [3.8, 4) is 0 Å². The predicted octanol–water partition coefficient (Wildman–Crippen LogP) is -0.926. The fourth-order valence-electron chi connectivity index (χ4n) is 1.69. The fraction of sp³-hybridized carbons (Fsp3) is 0.0769. The molecule has 0 fully saturated rings. The van der Waals surface area contributed by atoms with E-state index in [0.717, 1.165) is 0 Å². The average molecular weight is 314 g/mol. The molecule has 10 heteroatoms. The van der Waals surface area contributed by atoms with Gasteiger partial charge in [-0.2, -0.15) is 0 Å². The Labute approximate surface area is 130 Å². The number of hydrogen-bond acceptors (Lipinski definition) is 7. The number of nitrogen functional groups attached to an aromatic ring is 1. The van der Waals surface area contributed by atoms with Crippen LogP contribution in [0.1, 0.15) is 10.4 Å². The van der Waals surface area contributed by atoms with Gasteiger partial charge in [-0.3, -0.25) is 14.6 Å². The molecule has 118 valence electrons. The molecule has 0 aromatic carbocycles. The van der Waals surface area contributed by atoms with Crippen LogP contribution in [0.25, 0.3) is 11.2 Å². The number of nitrogens with zero attached hydrogens (tertiary/aromatic N) is 5. The number of carbonyl (C=O) groups excluding carboxylic acids is 2. The highest BCUT2D eigenvalue weighted by atomic mass is 16.1. The van der Waals surface area contributed by atoms with E-state index in [0.29, 0.717) is 22.5 Å². The van der Waals surface area contributed by atoms with Crippen LogP contribution in [0.4, 0.5) is 5.82 Å². The van der Waals surface area contributed by atoms with Crippen LogP contribution in [0.5, 0.6) is 0 Å². The molecule has 6 N–H and O–H groups in total. The Morgan fingerprint density at radius 2 is 1.96 bits per heavy atom. The molecule has 3 heterocycles. The number of nitrogens with two attached hydrogens (primary N) is 3. The Bertz CT molecular complexity index is 830. The van der Waals surface area contributed by atoms with E-state index in [2.05, 4.69) is 19.9 Å². The summed E-state index contributed by atoms with van der Waals surface area (Å²) in [5.41, 5.74) is 17.0. The van der Waals surface area contributed by atoms with Crippen molar-refractivity contribution in [2.24, 2.45) is 11.5 Å². The second kappa shape index (κ2) is 6.93. The van der Waals surface area contributed by atoms with Gasteiger partial charge in [-0.1, -0.05) is 0 Å². The molecule has 23 heavy (non-hydrogen) atoms. The number of fused-ring (bicyclic) bond motifs is 1. The topological polar surface area (TPSA) is 169 Å². The first-order valence-electron chi connectivity index (χ1n) is 6.38. The highest BCUT2D eigenvalue weighted by Crippen LogP contribution is 2.13. The van der Waals surface area contributed by atoms with Crippen molar-refractivity contribution in [1.82, 2.24) is 24.5 Å². The zero-order valence-electron chi connectivity index (χ0n) is 12.0. The van der Waals surface area contributed by atoms with Gasteiger partial charge in [0.25, 0.3) is 0 Å². The number of pyridine rings is 1. The fourth-order valence-corrected chi connectivity index (χ4v) is 1.69. The molecule has 0 radical (unpaired) electrons. The number of amides is 2. The molecule has 0 aliphatic rings. The average Bonchev–Trinajstić information content (AvgIpc) is 2.93. The van der Waals surface area contributed by atoms with Crippen LogP contribution in [-0.4, -0.2) is 36.3 Å². The first-order chi connectivity index (χ1) is 11.0. The first-order valence-corrected chi connectivity index (χ1v) is 6.38. The van der Waals surface area contributed by atoms with E-state index in [1.807, 2.05) is 0 Å². The third kappa shape index (κ3) is 3.97. The first kappa shape index (κ1) is 15.8. The van der Waals surface area contributed by atoms with Crippen LogP contribution in [-0.2, 0) is 11.3 Å². The van der Waals surface area contributed by atoms with Gasteiger partial charge in [0.05, 0.1) is 11.9 Å². The molecular formula is C13H14N8O2. The zero-order chi connectivity index (χ0) is 16.8. The Kier molecular flexibility index (Phi) is 4.77. The van der Waals surface area contributed by atoms with Crippen LogP contribution in [0.2, 0.25) is 0 Å². The summed E-state index contributed by atoms with van der Waals surface area (Å²) < 4.78 is 1.52. The maximum Gasteiger partial charge on any atom is 0.250 e. The number of hydrogen-bond donors (Lipinski definition) is 3. The standard InChI is InChI=1S/C7H8N6O.C6H6N2O/c8-4(14)1-13-3-12-5-6(9)10-2-11-7(5)13;7-6(9)5-2-1-3-8-4-5/h2-3H,1H2,(H2,8,14)(H2,9,10,11);1-4H,(H2,7,9). The molecule has 3 rings (SSSR count). The van der Waals surface area contributed by atoms with Crippen molar-refractivity contribution in [1.29, 1.82) is 0 Å². The lowest BCUT2D eigenvalue weighted by atomic mass is 10.3. The molecule has 0 atom stereocenters. The van der Waals surface area contributed by atoms with Gasteiger partial charge in [-0.05, 0) is 12.1 Å². The highest BCUT2D eigenvalue weighted by Gasteiger charge is 2.08. The van der Waals surface area contributed by atoms with Crippen molar-refractivity contribution in [2.45, 2.75) is 6.54 Å². The van der Waals surface area contributed by atoms with Gasteiger partial charge in [-0.15, -0.1) is 0 Å². The summed E-state index contributed by atoms with van der Waals surface area (Å²) in [6.45, 7) is 0.0347. The van der Waals surface area contributed by atoms with E-state index in [1.165, 1.54) is 23.4 Å². The highest BCUT2D eigenvalue weighted by molar-refractivity contribution is 5.92. The Balaban J connectivity index is 0.000000185. The van der Waals surface area contributed by atoms with E-state index in [9.17, 15) is 9.59 Å². The van der Waals surface area contributed by atoms with E-state index in [1.54, 1.807) is 18.3 Å². The maximum absolute atomic E-state index is 10.7. The summed E-state index contributed by atoms with van der Waals surface area (Å²) in [5, 5.41) is 0. The minimum absolute atomic E-state index is 0.0347. The Morgan fingerprint density at radius 3 is 2.52 bits per heavy atom. The van der Waals surface area contributed by atoms with E-state index < -0.39 is 11.8 Å². The number of aromatic nitrogens is 5. The minimum atomic E-state index is -0.457. The molecule has 0 aliphatic heterocycles. The SMILES string of the molecule is NC(=O)Cn1cnc2c(N)ncnc21.NC(=O)c1cccnc1. The number of primary amides is 2. The summed E-state index contributed by atoms with van der Waals surface area (Å²) in [5.74, 6) is -0.609. The molecule has 10 nitrogen and oxygen atoms in total. The van der Waals surface area contributed by atoms with Crippen molar-refractivity contribution >= 4 is 28.8 Å². The largest absolute Gasteiger partial charge is 0.382 e. The minimum Gasteiger partial charge on any atom is -0.382 e. The molecule has 2 amide bonds. The quantitative estimate of drug-likeness (QED) is 0.561. The van der Waals surface area contributed by atoms with Crippen molar-refractivity contribution in [3.05, 3.63) is 42.7 Å². The molecule has 0 bridgehead atoms. The van der Waals surface area contributed by atoms with Crippen LogP contribution in [0.3, 0.4) is 0 Å². The van der Waals surface area contributed by atoms with E-state index in [-0.39, 0.29) is 6.54 Å². The summed E-state index contributed by atoms with van der Waals surface area (Å²) in [7, 11) is 0. The van der Waals surface area contributed by atoms with Crippen LogP contribution in [0.15, 0.2) is 37.2 Å². The smallest absolute Gasteiger partial charge is 0.250 e. The molecule has 0 saturated carbocycles. The molecule has 0 saturated heterocycles. The lowest BCUT2D eigenvalue weighted by Crippen LogP contribution is -2.18. The van der Waals surface area contributed by atoms with Crippen molar-refractivity contribution in [3.63, 3.8) is 0 Å². The monoisotopic (exact) mass is 314 g/mol. The van der Waals surface area contributed by atoms with Gasteiger partial charge in [0.15, 0.2) is 11.5 Å². The maximum atomic E-state index is 10.7. The molecule has 0 spiro atoms. The van der Waals surface area contributed by atoms with Gasteiger partial charge < -0.3 is 21.8 Å². The lowest BCUT2D eigenvalue weighted by molar-refractivity contribution is -0.118. The number of imidazole rings is 1. The summed E-state index contributed by atoms with van der Waals surface area (Å²) >= 11 is 0. The van der Waals surface area contributed by atoms with E-state index >= 15 is 0 Å². The normalized spacial score (nSPS) is 9.91. The lowest BCUT2D eigenvalue weighted by Gasteiger charge is -1.98. The summed E-state index contributed by atoms with van der Waals surface area (Å²) in [6.07, 6.45) is 5.80. The molecule has 3 aromatic heterocycles. The van der Waals surface area contributed by atoms with Gasteiger partial charge in [0.2, 0.25) is 11.8 Å². The number of rotatable bonds is 3. The zero-order valence-corrected chi connectivity index (χ0v) is 12.0. The van der Waals surface area contributed by atoms with Crippen molar-refractivity contribution < 1.29 is 9.59 Å². The predicted molar refractivity (Wildman–Crippen MR) is 81.7 cm³/mol. The molecule has 0 aliphatic carbocycles. The third-order valence-corrected chi connectivity index (χ3v) is 2.70. The van der Waals surface area contributed by atoms with Crippen molar-refractivity contribution in [2.75, 3.05) is 5.73 Å². The van der Waals surface area contributed by atoms with Crippen LogP contribution >= 0.6 is 0 Å². The summed E-state index contributed by atoms with van der Waals surface area (Å²) in [6, 6.07) is 3.29. The van der Waals surface area contributed by atoms with E-state index in [4.69, 9.17) is 17.2 Å². The third-order valence-electron chi connectivity index (χ3n) is 2.70. The van der Waals surface area contributed by atoms with Gasteiger partial charge in [-0.25, -0.2) is 15.0 Å². The number of anilines is 1. The molecule has 0 unspecified atom stereocenters. The van der Waals surface area contributed by atoms with Crippen LogP contribution in [0, 0.1) is 0 Å². The Morgan fingerprint density at radius 1 is 1.17 bits per heavy atom.